The van der Waals surface area contributed by atoms with E-state index in [2.05, 4.69) is 24.3 Å². The maximum Gasteiger partial charge on any atom is 0.147 e. The van der Waals surface area contributed by atoms with Gasteiger partial charge in [0, 0.05) is 27.3 Å². The lowest BCUT2D eigenvalue weighted by Crippen LogP contribution is -2.08. The number of rotatable bonds is 7. The van der Waals surface area contributed by atoms with Crippen molar-refractivity contribution in [2.75, 3.05) is 31.3 Å². The van der Waals surface area contributed by atoms with E-state index in [4.69, 9.17) is 10.5 Å². The summed E-state index contributed by atoms with van der Waals surface area (Å²) < 4.78 is 6.83. The number of methoxy groups -OCH3 is 1. The molecule has 0 spiro atoms. The van der Waals surface area contributed by atoms with Crippen molar-refractivity contribution in [1.82, 2.24) is 9.78 Å². The number of ether oxygens (including phenoxy) is 1. The Labute approximate surface area is 103 Å². The predicted molar refractivity (Wildman–Crippen MR) is 71.3 cm³/mol. The van der Waals surface area contributed by atoms with Gasteiger partial charge in [-0.05, 0) is 18.8 Å². The zero-order valence-electron chi connectivity index (χ0n) is 11.3. The minimum atomic E-state index is 0.352. The Morgan fingerprint density at radius 2 is 2.12 bits per heavy atom. The second kappa shape index (κ2) is 6.49. The molecule has 0 saturated carbocycles. The Morgan fingerprint density at radius 3 is 2.65 bits per heavy atom. The fourth-order valence-electron chi connectivity index (χ4n) is 1.78. The molecule has 0 unspecified atom stereocenters. The molecule has 5 heteroatoms. The Hall–Kier alpha value is -1.23. The van der Waals surface area contributed by atoms with Gasteiger partial charge in [-0.1, -0.05) is 13.8 Å². The minimum Gasteiger partial charge on any atom is -0.394 e. The highest BCUT2D eigenvalue weighted by Gasteiger charge is 2.15. The largest absolute Gasteiger partial charge is 0.394 e. The number of nitrogen functional groups attached to an aromatic ring is 1. The molecule has 0 saturated heterocycles. The lowest BCUT2D eigenvalue weighted by Gasteiger charge is -2.07. The third-order valence-electron chi connectivity index (χ3n) is 2.73. The topological polar surface area (TPSA) is 65.1 Å². The van der Waals surface area contributed by atoms with E-state index < -0.39 is 0 Å². The zero-order chi connectivity index (χ0) is 12.8. The Bertz CT molecular complexity index is 347. The molecule has 0 bridgehead atoms. The molecule has 1 aromatic heterocycles. The van der Waals surface area contributed by atoms with Crippen molar-refractivity contribution >= 4 is 11.5 Å². The fourth-order valence-corrected chi connectivity index (χ4v) is 1.78. The molecule has 0 fully saturated rings. The van der Waals surface area contributed by atoms with Crippen LogP contribution in [0.5, 0.6) is 0 Å². The number of nitrogens with two attached hydrogens (primary N) is 1. The number of aryl methyl sites for hydroxylation is 1. The van der Waals surface area contributed by atoms with E-state index in [9.17, 15) is 0 Å². The summed E-state index contributed by atoms with van der Waals surface area (Å²) >= 11 is 0. The summed E-state index contributed by atoms with van der Waals surface area (Å²) in [6, 6.07) is 0. The van der Waals surface area contributed by atoms with E-state index in [0.717, 1.165) is 43.2 Å². The van der Waals surface area contributed by atoms with Crippen LogP contribution >= 0.6 is 0 Å². The molecule has 1 aromatic rings. The van der Waals surface area contributed by atoms with E-state index >= 15 is 0 Å². The van der Waals surface area contributed by atoms with Gasteiger partial charge in [0.2, 0.25) is 0 Å². The van der Waals surface area contributed by atoms with Crippen molar-refractivity contribution in [3.63, 3.8) is 0 Å². The number of unbranched alkanes of at least 4 members (excludes halogenated alkanes) is 1. The molecule has 0 aliphatic rings. The molecule has 1 rings (SSSR count). The summed E-state index contributed by atoms with van der Waals surface area (Å²) in [5.74, 6) is 1.27. The maximum absolute atomic E-state index is 6.08. The number of nitrogens with one attached hydrogen (secondary N) is 1. The van der Waals surface area contributed by atoms with E-state index in [0.29, 0.717) is 5.92 Å². The smallest absolute Gasteiger partial charge is 0.147 e. The van der Waals surface area contributed by atoms with Gasteiger partial charge in [0.25, 0.3) is 0 Å². The first-order valence-electron chi connectivity index (χ1n) is 6.13. The lowest BCUT2D eigenvalue weighted by molar-refractivity contribution is 0.193. The minimum absolute atomic E-state index is 0.352. The van der Waals surface area contributed by atoms with Crippen molar-refractivity contribution in [2.24, 2.45) is 7.05 Å². The number of aromatic nitrogens is 2. The second-order valence-corrected chi connectivity index (χ2v) is 4.55. The normalized spacial score (nSPS) is 11.1. The summed E-state index contributed by atoms with van der Waals surface area (Å²) in [6.07, 6.45) is 2.12. The number of anilines is 2. The van der Waals surface area contributed by atoms with Gasteiger partial charge >= 0.3 is 0 Å². The summed E-state index contributed by atoms with van der Waals surface area (Å²) in [7, 11) is 3.64. The third-order valence-corrected chi connectivity index (χ3v) is 2.73. The maximum atomic E-state index is 6.08. The molecular formula is C12H24N4O. The fraction of sp³-hybridized carbons (Fsp3) is 0.750. The van der Waals surface area contributed by atoms with Gasteiger partial charge in [-0.15, -0.1) is 0 Å². The molecule has 0 aliphatic carbocycles. The standard InChI is InChI=1S/C12H24N4O/c1-9(2)11-10(13)12(16(3)15-11)14-7-5-6-8-17-4/h9,14H,5-8,13H2,1-4H3. The Morgan fingerprint density at radius 1 is 1.41 bits per heavy atom. The van der Waals surface area contributed by atoms with Gasteiger partial charge in [-0.3, -0.25) is 4.68 Å². The average Bonchev–Trinajstić information content (AvgIpc) is 2.56. The van der Waals surface area contributed by atoms with Crippen molar-refractivity contribution in [1.29, 1.82) is 0 Å². The lowest BCUT2D eigenvalue weighted by atomic mass is 10.1. The third kappa shape index (κ3) is 3.63. The quantitative estimate of drug-likeness (QED) is 0.715. The highest BCUT2D eigenvalue weighted by atomic mass is 16.5. The van der Waals surface area contributed by atoms with Crippen LogP contribution in [0.1, 0.15) is 38.3 Å². The van der Waals surface area contributed by atoms with Gasteiger partial charge in [0.15, 0.2) is 0 Å². The SMILES string of the molecule is COCCCCNc1c(N)c(C(C)C)nn1C. The molecule has 1 heterocycles. The first-order chi connectivity index (χ1) is 8.07. The van der Waals surface area contributed by atoms with Gasteiger partial charge in [0.1, 0.15) is 5.82 Å². The molecule has 3 N–H and O–H groups in total. The van der Waals surface area contributed by atoms with Crippen LogP contribution < -0.4 is 11.1 Å². The molecule has 0 atom stereocenters. The van der Waals surface area contributed by atoms with Crippen molar-refractivity contribution in [2.45, 2.75) is 32.6 Å². The first-order valence-corrected chi connectivity index (χ1v) is 6.13. The van der Waals surface area contributed by atoms with Crippen LogP contribution in [0.2, 0.25) is 0 Å². The summed E-state index contributed by atoms with van der Waals surface area (Å²) in [6.45, 7) is 5.90. The number of hydrogen-bond donors (Lipinski definition) is 2. The summed E-state index contributed by atoms with van der Waals surface area (Å²) in [4.78, 5) is 0. The van der Waals surface area contributed by atoms with Crippen LogP contribution in [0, 0.1) is 0 Å². The van der Waals surface area contributed by atoms with Crippen LogP contribution in [0.25, 0.3) is 0 Å². The van der Waals surface area contributed by atoms with E-state index in [1.807, 2.05) is 11.7 Å². The summed E-state index contributed by atoms with van der Waals surface area (Å²) in [5, 5.41) is 7.76. The molecule has 98 valence electrons. The van der Waals surface area contributed by atoms with Gasteiger partial charge in [-0.2, -0.15) is 5.10 Å². The van der Waals surface area contributed by atoms with Gasteiger partial charge < -0.3 is 15.8 Å². The predicted octanol–water partition coefficient (Wildman–Crippen LogP) is 1.96. The van der Waals surface area contributed by atoms with Crippen LogP contribution in [-0.2, 0) is 11.8 Å². The van der Waals surface area contributed by atoms with Crippen LogP contribution in [0.15, 0.2) is 0 Å². The molecule has 0 amide bonds. The van der Waals surface area contributed by atoms with Crippen molar-refractivity contribution in [3.05, 3.63) is 5.69 Å². The van der Waals surface area contributed by atoms with Crippen LogP contribution in [-0.4, -0.2) is 30.0 Å². The molecule has 0 aromatic carbocycles. The molecule has 5 nitrogen and oxygen atoms in total. The molecule has 0 radical (unpaired) electrons. The van der Waals surface area contributed by atoms with E-state index in [1.54, 1.807) is 7.11 Å². The van der Waals surface area contributed by atoms with E-state index in [-0.39, 0.29) is 0 Å². The number of hydrogen-bond acceptors (Lipinski definition) is 4. The first kappa shape index (κ1) is 13.8. The van der Waals surface area contributed by atoms with Crippen LogP contribution in [0.4, 0.5) is 11.5 Å². The second-order valence-electron chi connectivity index (χ2n) is 4.55. The molecular weight excluding hydrogens is 216 g/mol. The Kier molecular flexibility index (Phi) is 5.28. The van der Waals surface area contributed by atoms with Crippen molar-refractivity contribution in [3.8, 4) is 0 Å². The highest BCUT2D eigenvalue weighted by molar-refractivity contribution is 5.65. The average molecular weight is 240 g/mol. The van der Waals surface area contributed by atoms with Crippen molar-refractivity contribution < 1.29 is 4.74 Å². The summed E-state index contributed by atoms with van der Waals surface area (Å²) in [5.41, 5.74) is 7.81. The Balaban J connectivity index is 2.53. The number of nitrogens with zero attached hydrogens (tertiary/aromatic N) is 2. The highest BCUT2D eigenvalue weighted by Crippen LogP contribution is 2.27. The zero-order valence-corrected chi connectivity index (χ0v) is 11.3. The van der Waals surface area contributed by atoms with Gasteiger partial charge in [0.05, 0.1) is 11.4 Å². The van der Waals surface area contributed by atoms with Crippen LogP contribution in [0.3, 0.4) is 0 Å². The van der Waals surface area contributed by atoms with Gasteiger partial charge in [-0.25, -0.2) is 0 Å². The molecule has 0 aliphatic heterocycles. The monoisotopic (exact) mass is 240 g/mol. The molecule has 17 heavy (non-hydrogen) atoms. The van der Waals surface area contributed by atoms with E-state index in [1.165, 1.54) is 0 Å².